The van der Waals surface area contributed by atoms with E-state index in [-0.39, 0.29) is 5.04 Å². The van der Waals surface area contributed by atoms with E-state index in [1.54, 1.807) is 0 Å². The third kappa shape index (κ3) is 4.35. The van der Waals surface area contributed by atoms with Crippen molar-refractivity contribution in [2.45, 2.75) is 58.7 Å². The fraction of sp³-hybridized carbons (Fsp3) is 0.417. The second kappa shape index (κ2) is 8.36. The van der Waals surface area contributed by atoms with Crippen molar-refractivity contribution in [1.82, 2.24) is 14.5 Å². The molecular weight excluding hydrogens is 388 g/mol. The van der Waals surface area contributed by atoms with Crippen LogP contribution in [0.1, 0.15) is 44.0 Å². The minimum Gasteiger partial charge on any atom is -0.417 e. The van der Waals surface area contributed by atoms with Crippen molar-refractivity contribution in [3.8, 4) is 5.69 Å². The van der Waals surface area contributed by atoms with Crippen molar-refractivity contribution in [2.75, 3.05) is 12.3 Å². The van der Waals surface area contributed by atoms with Gasteiger partial charge in [-0.1, -0.05) is 39.5 Å². The summed E-state index contributed by atoms with van der Waals surface area (Å²) < 4.78 is 8.52. The second-order valence-electron chi connectivity index (χ2n) is 9.45. The predicted octanol–water partition coefficient (Wildman–Crippen LogP) is 5.91. The minimum absolute atomic E-state index is 0.227. The van der Waals surface area contributed by atoms with Crippen LogP contribution in [0.5, 0.6) is 0 Å². The molecule has 2 aromatic heterocycles. The Bertz CT molecular complexity index is 1060. The first kappa shape index (κ1) is 22.2. The maximum Gasteiger partial charge on any atom is 0.191 e. The van der Waals surface area contributed by atoms with Crippen LogP contribution in [-0.4, -0.2) is 29.5 Å². The summed E-state index contributed by atoms with van der Waals surface area (Å²) in [6.45, 7) is 18.3. The van der Waals surface area contributed by atoms with Gasteiger partial charge in [-0.3, -0.25) is 4.57 Å². The fourth-order valence-corrected chi connectivity index (χ4v) is 4.44. The van der Waals surface area contributed by atoms with Crippen LogP contribution in [0.15, 0.2) is 37.2 Å². The van der Waals surface area contributed by atoms with E-state index in [1.807, 2.05) is 12.1 Å². The molecule has 30 heavy (non-hydrogen) atoms. The Morgan fingerprint density at radius 3 is 2.60 bits per heavy atom. The maximum absolute atomic E-state index is 6.38. The van der Waals surface area contributed by atoms with E-state index in [2.05, 4.69) is 80.1 Å². The predicted molar refractivity (Wildman–Crippen MR) is 130 cm³/mol. The summed E-state index contributed by atoms with van der Waals surface area (Å²) in [5.74, 6) is 0.485. The van der Waals surface area contributed by atoms with Gasteiger partial charge in [0.25, 0.3) is 0 Å². The molecular formula is C24H34N4OSi. The average molecular weight is 423 g/mol. The Morgan fingerprint density at radius 2 is 1.93 bits per heavy atom. The number of anilines is 1. The van der Waals surface area contributed by atoms with Gasteiger partial charge in [0.05, 0.1) is 11.1 Å². The van der Waals surface area contributed by atoms with Gasteiger partial charge in [-0.05, 0) is 67.2 Å². The maximum atomic E-state index is 6.38. The lowest BCUT2D eigenvalue weighted by Gasteiger charge is -2.36. The Kier molecular flexibility index (Phi) is 6.20. The largest absolute Gasteiger partial charge is 0.417 e. The average Bonchev–Trinajstić information content (AvgIpc) is 3.05. The third-order valence-electron chi connectivity index (χ3n) is 6.21. The van der Waals surface area contributed by atoms with Gasteiger partial charge in [0.15, 0.2) is 14.0 Å². The monoisotopic (exact) mass is 422 g/mol. The highest BCUT2D eigenvalue weighted by Crippen LogP contribution is 2.36. The summed E-state index contributed by atoms with van der Waals surface area (Å²) in [7, 11) is -1.73. The van der Waals surface area contributed by atoms with Crippen molar-refractivity contribution >= 4 is 31.2 Å². The zero-order valence-electron chi connectivity index (χ0n) is 19.1. The number of benzene rings is 1. The van der Waals surface area contributed by atoms with E-state index in [0.717, 1.165) is 41.9 Å². The molecule has 3 rings (SSSR count). The van der Waals surface area contributed by atoms with Crippen LogP contribution >= 0.6 is 0 Å². The number of aromatic nitrogens is 3. The van der Waals surface area contributed by atoms with E-state index < -0.39 is 8.32 Å². The third-order valence-corrected chi connectivity index (χ3v) is 10.7. The molecule has 0 aliphatic heterocycles. The van der Waals surface area contributed by atoms with Crippen LogP contribution < -0.4 is 5.73 Å². The molecule has 1 aromatic carbocycles. The highest BCUT2D eigenvalue weighted by Gasteiger charge is 2.36. The SMILES string of the molecule is C=Cc1cc2c(N)ncnc2n1-c1cc(C)ccc1CCCO[Si](C)(C)C(C)(C)C. The number of nitrogens with two attached hydrogens (primary N) is 1. The highest BCUT2D eigenvalue weighted by atomic mass is 28.4. The standard InChI is InChI=1S/C24H34N4OSi/c1-8-19-15-20-22(25)26-16-27-23(20)28(19)21-14-17(2)11-12-18(21)10-9-13-29-30(6,7)24(3,4)5/h8,11-12,14-16H,1,9-10,13H2,2-7H3,(H2,25,26,27). The number of nitrogens with zero attached hydrogens (tertiary/aromatic N) is 3. The molecule has 0 amide bonds. The normalized spacial score (nSPS) is 12.5. The molecule has 0 saturated carbocycles. The Labute approximate surface area is 181 Å². The van der Waals surface area contributed by atoms with Crippen molar-refractivity contribution < 1.29 is 4.43 Å². The summed E-state index contributed by atoms with van der Waals surface area (Å²) in [5.41, 5.74) is 11.4. The van der Waals surface area contributed by atoms with Crippen molar-refractivity contribution in [3.63, 3.8) is 0 Å². The lowest BCUT2D eigenvalue weighted by molar-refractivity contribution is 0.282. The molecule has 3 aromatic rings. The first-order valence-electron chi connectivity index (χ1n) is 10.5. The van der Waals surface area contributed by atoms with Crippen LogP contribution in [-0.2, 0) is 10.8 Å². The van der Waals surface area contributed by atoms with E-state index in [1.165, 1.54) is 17.5 Å². The Hall–Kier alpha value is -2.44. The summed E-state index contributed by atoms with van der Waals surface area (Å²) in [6, 6.07) is 8.58. The molecule has 0 atom stereocenters. The van der Waals surface area contributed by atoms with E-state index in [0.29, 0.717) is 5.82 Å². The van der Waals surface area contributed by atoms with Gasteiger partial charge in [-0.2, -0.15) is 0 Å². The van der Waals surface area contributed by atoms with Crippen LogP contribution in [0.4, 0.5) is 5.82 Å². The van der Waals surface area contributed by atoms with Crippen molar-refractivity contribution in [2.24, 2.45) is 0 Å². The molecule has 5 nitrogen and oxygen atoms in total. The molecule has 2 N–H and O–H groups in total. The van der Waals surface area contributed by atoms with Crippen LogP contribution in [0.3, 0.4) is 0 Å². The van der Waals surface area contributed by atoms with Crippen LogP contribution in [0, 0.1) is 6.92 Å². The lowest BCUT2D eigenvalue weighted by Crippen LogP contribution is -2.41. The molecule has 2 heterocycles. The molecule has 160 valence electrons. The summed E-state index contributed by atoms with van der Waals surface area (Å²) in [5, 5.41) is 1.08. The summed E-state index contributed by atoms with van der Waals surface area (Å²) in [6.07, 6.45) is 5.26. The number of nitrogen functional groups attached to an aromatic ring is 1. The number of hydrogen-bond donors (Lipinski definition) is 1. The first-order chi connectivity index (χ1) is 14.0. The van der Waals surface area contributed by atoms with Gasteiger partial charge in [-0.15, -0.1) is 0 Å². The first-order valence-corrected chi connectivity index (χ1v) is 13.4. The number of hydrogen-bond acceptors (Lipinski definition) is 4. The van der Waals surface area contributed by atoms with Gasteiger partial charge >= 0.3 is 0 Å². The molecule has 0 saturated heterocycles. The van der Waals surface area contributed by atoms with Gasteiger partial charge in [0, 0.05) is 12.3 Å². The highest BCUT2D eigenvalue weighted by molar-refractivity contribution is 6.74. The van der Waals surface area contributed by atoms with Crippen LogP contribution in [0.2, 0.25) is 18.1 Å². The summed E-state index contributed by atoms with van der Waals surface area (Å²) >= 11 is 0. The molecule has 0 spiro atoms. The van der Waals surface area contributed by atoms with Gasteiger partial charge < -0.3 is 10.2 Å². The minimum atomic E-state index is -1.73. The Balaban J connectivity index is 1.92. The number of rotatable bonds is 7. The summed E-state index contributed by atoms with van der Waals surface area (Å²) in [4.78, 5) is 8.66. The van der Waals surface area contributed by atoms with E-state index in [9.17, 15) is 0 Å². The molecule has 0 radical (unpaired) electrons. The molecule has 0 fully saturated rings. The van der Waals surface area contributed by atoms with Crippen molar-refractivity contribution in [3.05, 3.63) is 54.0 Å². The van der Waals surface area contributed by atoms with Gasteiger partial charge in [0.2, 0.25) is 0 Å². The fourth-order valence-electron chi connectivity index (χ4n) is 3.35. The van der Waals surface area contributed by atoms with Crippen molar-refractivity contribution in [1.29, 1.82) is 0 Å². The topological polar surface area (TPSA) is 66.0 Å². The quantitative estimate of drug-likeness (QED) is 0.380. The Morgan fingerprint density at radius 1 is 1.20 bits per heavy atom. The van der Waals surface area contributed by atoms with Gasteiger partial charge in [0.1, 0.15) is 12.1 Å². The number of aryl methyl sites for hydroxylation is 2. The number of fused-ring (bicyclic) bond motifs is 1. The molecule has 0 unspecified atom stereocenters. The smallest absolute Gasteiger partial charge is 0.191 e. The second-order valence-corrected chi connectivity index (χ2v) is 14.3. The van der Waals surface area contributed by atoms with Crippen LogP contribution in [0.25, 0.3) is 22.8 Å². The molecule has 0 aliphatic rings. The zero-order chi connectivity index (χ0) is 22.1. The zero-order valence-corrected chi connectivity index (χ0v) is 20.1. The van der Waals surface area contributed by atoms with E-state index >= 15 is 0 Å². The molecule has 0 aliphatic carbocycles. The molecule has 6 heteroatoms. The van der Waals surface area contributed by atoms with E-state index in [4.69, 9.17) is 10.2 Å². The van der Waals surface area contributed by atoms with Gasteiger partial charge in [-0.25, -0.2) is 9.97 Å². The molecule has 0 bridgehead atoms. The lowest BCUT2D eigenvalue weighted by atomic mass is 10.0.